The van der Waals surface area contributed by atoms with Crippen LogP contribution in [0.3, 0.4) is 0 Å². The molecule has 94 valence electrons. The maximum Gasteiger partial charge on any atom is 0.573 e. The summed E-state index contributed by atoms with van der Waals surface area (Å²) in [6, 6.07) is 3.68. The van der Waals surface area contributed by atoms with E-state index in [1.54, 1.807) is 0 Å². The molecule has 0 radical (unpaired) electrons. The maximum absolute atomic E-state index is 12.1. The molecule has 0 heterocycles. The summed E-state index contributed by atoms with van der Waals surface area (Å²) >= 11 is 0. The molecule has 17 heavy (non-hydrogen) atoms. The lowest BCUT2D eigenvalue weighted by atomic mass is 10.2. The lowest BCUT2D eigenvalue weighted by Gasteiger charge is -2.14. The first-order chi connectivity index (χ1) is 7.85. The van der Waals surface area contributed by atoms with E-state index in [0.717, 1.165) is 6.07 Å². The first-order valence-electron chi connectivity index (χ1n) is 4.66. The minimum absolute atomic E-state index is 0.0408. The standard InChI is InChI=1S/C10H10F3NO3/c1-2-16-9(15)6-4-3-5-7(14)8(6)17-10(11,12)13/h3-5H,2,14H2,1H3. The average molecular weight is 249 g/mol. The molecule has 0 aliphatic rings. The Morgan fingerprint density at radius 2 is 2.06 bits per heavy atom. The van der Waals surface area contributed by atoms with Crippen LogP contribution in [-0.2, 0) is 4.74 Å². The second-order valence-electron chi connectivity index (χ2n) is 2.99. The van der Waals surface area contributed by atoms with Crippen molar-refractivity contribution in [3.05, 3.63) is 23.8 Å². The number of hydrogen-bond acceptors (Lipinski definition) is 4. The van der Waals surface area contributed by atoms with Crippen LogP contribution >= 0.6 is 0 Å². The number of esters is 1. The quantitative estimate of drug-likeness (QED) is 0.659. The molecule has 0 unspecified atom stereocenters. The molecule has 1 rings (SSSR count). The average Bonchev–Trinajstić information content (AvgIpc) is 2.19. The van der Waals surface area contributed by atoms with E-state index in [9.17, 15) is 18.0 Å². The van der Waals surface area contributed by atoms with E-state index in [1.807, 2.05) is 0 Å². The maximum atomic E-state index is 12.1. The van der Waals surface area contributed by atoms with Crippen molar-refractivity contribution in [3.63, 3.8) is 0 Å². The Hall–Kier alpha value is -1.92. The largest absolute Gasteiger partial charge is 0.573 e. The van der Waals surface area contributed by atoms with E-state index in [-0.39, 0.29) is 17.9 Å². The highest BCUT2D eigenvalue weighted by Crippen LogP contribution is 2.32. The number of carbonyl (C=O) groups excluding carboxylic acids is 1. The summed E-state index contributed by atoms with van der Waals surface area (Å²) < 4.78 is 44.7. The first kappa shape index (κ1) is 13.1. The first-order valence-corrected chi connectivity index (χ1v) is 4.66. The predicted molar refractivity (Wildman–Crippen MR) is 53.5 cm³/mol. The van der Waals surface area contributed by atoms with E-state index in [0.29, 0.717) is 0 Å². The zero-order valence-electron chi connectivity index (χ0n) is 8.88. The Labute approximate surface area is 95.1 Å². The summed E-state index contributed by atoms with van der Waals surface area (Å²) in [7, 11) is 0. The van der Waals surface area contributed by atoms with Gasteiger partial charge >= 0.3 is 12.3 Å². The monoisotopic (exact) mass is 249 g/mol. The number of anilines is 1. The van der Waals surface area contributed by atoms with Crippen LogP contribution in [0.1, 0.15) is 17.3 Å². The Balaban J connectivity index is 3.13. The molecule has 1 aromatic rings. The Kier molecular flexibility index (Phi) is 3.82. The third-order valence-electron chi connectivity index (χ3n) is 1.76. The van der Waals surface area contributed by atoms with Gasteiger partial charge in [-0.3, -0.25) is 0 Å². The van der Waals surface area contributed by atoms with Crippen molar-refractivity contribution in [3.8, 4) is 5.75 Å². The Morgan fingerprint density at radius 3 is 2.59 bits per heavy atom. The molecule has 0 saturated heterocycles. The number of hydrogen-bond donors (Lipinski definition) is 1. The number of carbonyl (C=O) groups is 1. The van der Waals surface area contributed by atoms with Crippen LogP contribution in [0.2, 0.25) is 0 Å². The molecular weight excluding hydrogens is 239 g/mol. The van der Waals surface area contributed by atoms with E-state index in [2.05, 4.69) is 9.47 Å². The van der Waals surface area contributed by atoms with Gasteiger partial charge in [-0.05, 0) is 19.1 Å². The fourth-order valence-electron chi connectivity index (χ4n) is 1.15. The molecule has 0 spiro atoms. The van der Waals surface area contributed by atoms with Gasteiger partial charge in [-0.25, -0.2) is 4.79 Å². The van der Waals surface area contributed by atoms with Gasteiger partial charge in [0, 0.05) is 0 Å². The van der Waals surface area contributed by atoms with Crippen molar-refractivity contribution >= 4 is 11.7 Å². The zero-order chi connectivity index (χ0) is 13.1. The second-order valence-corrected chi connectivity index (χ2v) is 2.99. The van der Waals surface area contributed by atoms with E-state index in [1.165, 1.54) is 19.1 Å². The van der Waals surface area contributed by atoms with Crippen molar-refractivity contribution in [2.24, 2.45) is 0 Å². The summed E-state index contributed by atoms with van der Waals surface area (Å²) in [4.78, 5) is 11.4. The third kappa shape index (κ3) is 3.54. The highest BCUT2D eigenvalue weighted by Gasteiger charge is 2.34. The second kappa shape index (κ2) is 4.94. The van der Waals surface area contributed by atoms with Gasteiger partial charge in [0.15, 0.2) is 5.75 Å². The van der Waals surface area contributed by atoms with Crippen molar-refractivity contribution < 1.29 is 27.4 Å². The number of nitrogens with two attached hydrogens (primary N) is 1. The van der Waals surface area contributed by atoms with Crippen LogP contribution in [-0.4, -0.2) is 18.9 Å². The van der Waals surface area contributed by atoms with Crippen molar-refractivity contribution in [1.82, 2.24) is 0 Å². The number of benzene rings is 1. The summed E-state index contributed by atoms with van der Waals surface area (Å²) in [5.74, 6) is -1.66. The van der Waals surface area contributed by atoms with Crippen LogP contribution in [0, 0.1) is 0 Å². The molecule has 0 aliphatic carbocycles. The van der Waals surface area contributed by atoms with Gasteiger partial charge in [0.05, 0.1) is 12.3 Å². The van der Waals surface area contributed by atoms with Crippen molar-refractivity contribution in [2.45, 2.75) is 13.3 Å². The topological polar surface area (TPSA) is 61.5 Å². The number of alkyl halides is 3. The van der Waals surface area contributed by atoms with Gasteiger partial charge in [0.25, 0.3) is 0 Å². The molecule has 0 aliphatic heterocycles. The molecule has 0 aromatic heterocycles. The highest BCUT2D eigenvalue weighted by molar-refractivity contribution is 5.94. The molecule has 0 fully saturated rings. The lowest BCUT2D eigenvalue weighted by molar-refractivity contribution is -0.274. The van der Waals surface area contributed by atoms with Crippen LogP contribution in [0.25, 0.3) is 0 Å². The van der Waals surface area contributed by atoms with Gasteiger partial charge in [-0.1, -0.05) is 6.07 Å². The summed E-state index contributed by atoms with van der Waals surface area (Å²) in [6.45, 7) is 1.58. The van der Waals surface area contributed by atoms with Gasteiger partial charge in [-0.2, -0.15) is 0 Å². The molecule has 7 heteroatoms. The number of para-hydroxylation sites is 1. The number of ether oxygens (including phenoxy) is 2. The summed E-state index contributed by atoms with van der Waals surface area (Å²) in [6.07, 6.45) is -4.92. The molecule has 0 amide bonds. The van der Waals surface area contributed by atoms with Gasteiger partial charge in [-0.15, -0.1) is 13.2 Å². The number of halogens is 3. The van der Waals surface area contributed by atoms with Crippen LogP contribution in [0.5, 0.6) is 5.75 Å². The third-order valence-corrected chi connectivity index (χ3v) is 1.76. The van der Waals surface area contributed by atoms with E-state index in [4.69, 9.17) is 5.73 Å². The minimum atomic E-state index is -4.92. The number of nitrogen functional groups attached to an aromatic ring is 1. The SMILES string of the molecule is CCOC(=O)c1cccc(N)c1OC(F)(F)F. The van der Waals surface area contributed by atoms with Gasteiger partial charge in [0.2, 0.25) is 0 Å². The van der Waals surface area contributed by atoms with Gasteiger partial charge < -0.3 is 15.2 Å². The van der Waals surface area contributed by atoms with Crippen LogP contribution in [0.4, 0.5) is 18.9 Å². The molecule has 2 N–H and O–H groups in total. The molecule has 0 bridgehead atoms. The minimum Gasteiger partial charge on any atom is -0.462 e. The van der Waals surface area contributed by atoms with E-state index < -0.39 is 18.1 Å². The fourth-order valence-corrected chi connectivity index (χ4v) is 1.15. The Bertz CT molecular complexity index is 418. The molecule has 0 atom stereocenters. The van der Waals surface area contributed by atoms with Crippen molar-refractivity contribution in [1.29, 1.82) is 0 Å². The molecule has 4 nitrogen and oxygen atoms in total. The van der Waals surface area contributed by atoms with Crippen LogP contribution < -0.4 is 10.5 Å². The van der Waals surface area contributed by atoms with Crippen LogP contribution in [0.15, 0.2) is 18.2 Å². The fraction of sp³-hybridized carbons (Fsp3) is 0.300. The smallest absolute Gasteiger partial charge is 0.462 e. The molecular formula is C10H10F3NO3. The van der Waals surface area contributed by atoms with Gasteiger partial charge in [0.1, 0.15) is 5.56 Å². The highest BCUT2D eigenvalue weighted by atomic mass is 19.4. The lowest BCUT2D eigenvalue weighted by Crippen LogP contribution is -2.20. The van der Waals surface area contributed by atoms with Crippen molar-refractivity contribution in [2.75, 3.05) is 12.3 Å². The predicted octanol–water partition coefficient (Wildman–Crippen LogP) is 2.34. The number of rotatable bonds is 3. The summed E-state index contributed by atoms with van der Waals surface area (Å²) in [5.41, 5.74) is 4.69. The Morgan fingerprint density at radius 1 is 1.41 bits per heavy atom. The molecule has 1 aromatic carbocycles. The molecule has 0 saturated carbocycles. The van der Waals surface area contributed by atoms with E-state index >= 15 is 0 Å². The zero-order valence-corrected chi connectivity index (χ0v) is 8.88. The normalized spacial score (nSPS) is 11.1. The summed E-state index contributed by atoms with van der Waals surface area (Å²) in [5, 5.41) is 0.